The molecule has 0 saturated carbocycles. The number of aromatic nitrogens is 2. The number of ether oxygens (including phenoxy) is 2. The van der Waals surface area contributed by atoms with Gasteiger partial charge < -0.3 is 9.47 Å². The van der Waals surface area contributed by atoms with Crippen LogP contribution in [0.5, 0.6) is 11.5 Å². The van der Waals surface area contributed by atoms with Crippen molar-refractivity contribution in [3.05, 3.63) is 84.2 Å². The molecular formula is C30H26F4N2O4. The molecule has 40 heavy (non-hydrogen) atoms. The number of rotatable bonds is 12. The van der Waals surface area contributed by atoms with Crippen LogP contribution in [0.4, 0.5) is 17.6 Å². The van der Waals surface area contributed by atoms with E-state index in [9.17, 15) is 27.2 Å². The average molecular weight is 555 g/mol. The molecule has 0 radical (unpaired) electrons. The SMILES string of the molecule is O=C(CCCCCCCCC(=O)Oc1ccc2nc(F)c(F)nc2c1)Oc1ccc(-c2ccc(F)cc2)c(F)c1. The van der Waals surface area contributed by atoms with Crippen molar-refractivity contribution in [2.45, 2.75) is 51.4 Å². The molecule has 0 spiro atoms. The number of carbonyl (C=O) groups excluding carboxylic acids is 2. The number of hydrogen-bond donors (Lipinski definition) is 0. The first-order chi connectivity index (χ1) is 19.3. The van der Waals surface area contributed by atoms with E-state index >= 15 is 0 Å². The quantitative estimate of drug-likeness (QED) is 0.0782. The molecule has 0 atom stereocenters. The van der Waals surface area contributed by atoms with Crippen LogP contribution in [0.25, 0.3) is 22.2 Å². The molecule has 1 heterocycles. The van der Waals surface area contributed by atoms with E-state index in [4.69, 9.17) is 9.47 Å². The highest BCUT2D eigenvalue weighted by Gasteiger charge is 2.12. The van der Waals surface area contributed by atoms with E-state index in [-0.39, 0.29) is 40.9 Å². The van der Waals surface area contributed by atoms with Crippen LogP contribution in [0.15, 0.2) is 60.7 Å². The highest BCUT2D eigenvalue weighted by molar-refractivity contribution is 5.78. The zero-order chi connectivity index (χ0) is 28.5. The summed E-state index contributed by atoms with van der Waals surface area (Å²) in [6, 6.07) is 13.7. The zero-order valence-electron chi connectivity index (χ0n) is 21.5. The van der Waals surface area contributed by atoms with Gasteiger partial charge in [0.2, 0.25) is 0 Å². The van der Waals surface area contributed by atoms with Crippen molar-refractivity contribution in [2.75, 3.05) is 0 Å². The summed E-state index contributed by atoms with van der Waals surface area (Å²) in [7, 11) is 0. The lowest BCUT2D eigenvalue weighted by Gasteiger charge is -2.08. The van der Waals surface area contributed by atoms with Gasteiger partial charge in [0, 0.05) is 30.5 Å². The summed E-state index contributed by atoms with van der Waals surface area (Å²) in [5.41, 5.74) is 1.04. The maximum Gasteiger partial charge on any atom is 0.311 e. The predicted molar refractivity (Wildman–Crippen MR) is 139 cm³/mol. The molecule has 0 aliphatic rings. The van der Waals surface area contributed by atoms with Gasteiger partial charge in [0.1, 0.15) is 23.1 Å². The van der Waals surface area contributed by atoms with Crippen LogP contribution in [0.1, 0.15) is 51.4 Å². The first kappa shape index (κ1) is 28.7. The Morgan fingerprint density at radius 2 is 1.12 bits per heavy atom. The van der Waals surface area contributed by atoms with Gasteiger partial charge >= 0.3 is 11.9 Å². The van der Waals surface area contributed by atoms with E-state index in [1.165, 1.54) is 54.6 Å². The Balaban J connectivity index is 1.08. The van der Waals surface area contributed by atoms with Gasteiger partial charge in [0.25, 0.3) is 11.9 Å². The highest BCUT2D eigenvalue weighted by atomic mass is 19.2. The Kier molecular flexibility index (Phi) is 9.77. The largest absolute Gasteiger partial charge is 0.426 e. The Hall–Kier alpha value is -4.34. The van der Waals surface area contributed by atoms with Crippen LogP contribution in [0.2, 0.25) is 0 Å². The fourth-order valence-electron chi connectivity index (χ4n) is 4.09. The Labute approximate surface area is 228 Å². The van der Waals surface area contributed by atoms with Crippen LogP contribution in [-0.2, 0) is 9.59 Å². The molecule has 10 heteroatoms. The van der Waals surface area contributed by atoms with Crippen molar-refractivity contribution < 1.29 is 36.6 Å². The summed E-state index contributed by atoms with van der Waals surface area (Å²) in [6.45, 7) is 0. The second kappa shape index (κ2) is 13.6. The third-order valence-electron chi connectivity index (χ3n) is 6.13. The lowest BCUT2D eigenvalue weighted by molar-refractivity contribution is -0.135. The van der Waals surface area contributed by atoms with Gasteiger partial charge in [-0.3, -0.25) is 9.59 Å². The maximum absolute atomic E-state index is 14.4. The van der Waals surface area contributed by atoms with E-state index in [1.54, 1.807) is 0 Å². The zero-order valence-corrected chi connectivity index (χ0v) is 21.5. The number of carbonyl (C=O) groups is 2. The molecule has 0 aliphatic heterocycles. The summed E-state index contributed by atoms with van der Waals surface area (Å²) in [6.07, 6.45) is 4.97. The molecule has 4 aromatic rings. The number of nitrogens with zero attached hydrogens (tertiary/aromatic N) is 2. The lowest BCUT2D eigenvalue weighted by atomic mass is 10.1. The van der Waals surface area contributed by atoms with Crippen LogP contribution in [-0.4, -0.2) is 21.9 Å². The van der Waals surface area contributed by atoms with Crippen molar-refractivity contribution in [3.8, 4) is 22.6 Å². The first-order valence-electron chi connectivity index (χ1n) is 12.9. The molecular weight excluding hydrogens is 528 g/mol. The molecule has 0 amide bonds. The predicted octanol–water partition coefficient (Wildman–Crippen LogP) is 7.49. The summed E-state index contributed by atoms with van der Waals surface area (Å²) >= 11 is 0. The van der Waals surface area contributed by atoms with Gasteiger partial charge in [0.15, 0.2) is 0 Å². The fourth-order valence-corrected chi connectivity index (χ4v) is 4.09. The standard InChI is InChI=1S/C30H26F4N2O4/c31-20-11-9-19(10-12-20)23-15-13-21(17-24(23)32)39-27(37)7-5-3-1-2-4-6-8-28(38)40-22-14-16-25-26(18-22)36-30(34)29(33)35-25/h9-18H,1-8H2. The average Bonchev–Trinajstić information content (AvgIpc) is 2.92. The normalized spacial score (nSPS) is 11.0. The number of esters is 2. The van der Waals surface area contributed by atoms with Gasteiger partial charge in [-0.05, 0) is 54.8 Å². The topological polar surface area (TPSA) is 78.4 Å². The number of benzene rings is 3. The van der Waals surface area contributed by atoms with Crippen LogP contribution < -0.4 is 9.47 Å². The molecule has 0 aliphatic carbocycles. The van der Waals surface area contributed by atoms with E-state index in [0.29, 0.717) is 18.4 Å². The van der Waals surface area contributed by atoms with Crippen molar-refractivity contribution in [1.82, 2.24) is 9.97 Å². The van der Waals surface area contributed by atoms with Gasteiger partial charge in [-0.25, -0.2) is 18.7 Å². The molecule has 1 aromatic heterocycles. The number of unbranched alkanes of at least 4 members (excludes halogenated alkanes) is 5. The first-order valence-corrected chi connectivity index (χ1v) is 12.9. The molecule has 208 valence electrons. The van der Waals surface area contributed by atoms with E-state index in [0.717, 1.165) is 31.7 Å². The number of hydrogen-bond acceptors (Lipinski definition) is 6. The monoisotopic (exact) mass is 554 g/mol. The van der Waals surface area contributed by atoms with Crippen LogP contribution in [0, 0.1) is 23.5 Å². The van der Waals surface area contributed by atoms with Crippen molar-refractivity contribution >= 4 is 23.0 Å². The molecule has 0 unspecified atom stereocenters. The Bertz CT molecular complexity index is 1500. The van der Waals surface area contributed by atoms with E-state index < -0.39 is 35.5 Å². The van der Waals surface area contributed by atoms with Gasteiger partial charge in [0.05, 0.1) is 11.0 Å². The third kappa shape index (κ3) is 8.08. The highest BCUT2D eigenvalue weighted by Crippen LogP contribution is 2.27. The summed E-state index contributed by atoms with van der Waals surface area (Å²) < 4.78 is 64.4. The van der Waals surface area contributed by atoms with E-state index in [2.05, 4.69) is 9.97 Å². The van der Waals surface area contributed by atoms with Gasteiger partial charge in [-0.15, -0.1) is 0 Å². The van der Waals surface area contributed by atoms with Crippen LogP contribution >= 0.6 is 0 Å². The summed E-state index contributed by atoms with van der Waals surface area (Å²) in [4.78, 5) is 31.1. The smallest absolute Gasteiger partial charge is 0.311 e. The molecule has 4 rings (SSSR count). The molecule has 0 fully saturated rings. The van der Waals surface area contributed by atoms with E-state index in [1.807, 2.05) is 0 Å². The second-order valence-corrected chi connectivity index (χ2v) is 9.17. The van der Waals surface area contributed by atoms with Crippen molar-refractivity contribution in [1.29, 1.82) is 0 Å². The molecule has 0 N–H and O–H groups in total. The number of halogens is 4. The van der Waals surface area contributed by atoms with Gasteiger partial charge in [-0.2, -0.15) is 8.78 Å². The molecule has 0 saturated heterocycles. The minimum atomic E-state index is -1.32. The maximum atomic E-state index is 14.4. The molecule has 3 aromatic carbocycles. The summed E-state index contributed by atoms with van der Waals surface area (Å²) in [5.74, 6) is -4.21. The molecule has 6 nitrogen and oxygen atoms in total. The Morgan fingerprint density at radius 3 is 1.73 bits per heavy atom. The van der Waals surface area contributed by atoms with Crippen molar-refractivity contribution in [3.63, 3.8) is 0 Å². The van der Waals surface area contributed by atoms with Crippen molar-refractivity contribution in [2.24, 2.45) is 0 Å². The third-order valence-corrected chi connectivity index (χ3v) is 6.13. The number of fused-ring (bicyclic) bond motifs is 1. The Morgan fingerprint density at radius 1 is 0.600 bits per heavy atom. The summed E-state index contributed by atoms with van der Waals surface area (Å²) in [5, 5.41) is 0. The fraction of sp³-hybridized carbons (Fsp3) is 0.267. The molecule has 0 bridgehead atoms. The van der Waals surface area contributed by atoms with Gasteiger partial charge in [-0.1, -0.05) is 37.8 Å². The lowest BCUT2D eigenvalue weighted by Crippen LogP contribution is -2.08. The van der Waals surface area contributed by atoms with Crippen LogP contribution in [0.3, 0.4) is 0 Å². The minimum Gasteiger partial charge on any atom is -0.426 e. The minimum absolute atomic E-state index is 0.0833. The second-order valence-electron chi connectivity index (χ2n) is 9.17.